The van der Waals surface area contributed by atoms with Crippen molar-refractivity contribution in [2.45, 2.75) is 0 Å². The van der Waals surface area contributed by atoms with Crippen LogP contribution in [0.4, 0.5) is 5.69 Å². The molecule has 0 spiro atoms. The monoisotopic (exact) mass is 244 g/mol. The van der Waals surface area contributed by atoms with Crippen LogP contribution in [0, 0.1) is 0 Å². The van der Waals surface area contributed by atoms with Gasteiger partial charge in [0.15, 0.2) is 0 Å². The van der Waals surface area contributed by atoms with Gasteiger partial charge in [0.2, 0.25) is 5.91 Å². The molecule has 2 N–H and O–H groups in total. The molecule has 0 unspecified atom stereocenters. The van der Waals surface area contributed by atoms with E-state index in [1.54, 1.807) is 6.20 Å². The van der Waals surface area contributed by atoms with Crippen LogP contribution in [0.25, 0.3) is 11.3 Å². The summed E-state index contributed by atoms with van der Waals surface area (Å²) in [6, 6.07) is 9.55. The summed E-state index contributed by atoms with van der Waals surface area (Å²) >= 11 is 0. The van der Waals surface area contributed by atoms with Gasteiger partial charge in [-0.3, -0.25) is 9.89 Å². The molecule has 18 heavy (non-hydrogen) atoms. The molecule has 5 nitrogen and oxygen atoms in total. The summed E-state index contributed by atoms with van der Waals surface area (Å²) < 4.78 is 0. The molecule has 1 heterocycles. The summed E-state index contributed by atoms with van der Waals surface area (Å²) in [7, 11) is 3.72. The van der Waals surface area contributed by atoms with E-state index in [0.717, 1.165) is 16.9 Å². The number of carbonyl (C=O) groups is 1. The number of benzene rings is 1. The highest BCUT2D eigenvalue weighted by atomic mass is 16.2. The molecular formula is C13H16N4O. The lowest BCUT2D eigenvalue weighted by atomic mass is 10.1. The third-order valence-corrected chi connectivity index (χ3v) is 2.42. The molecule has 2 rings (SSSR count). The first kappa shape index (κ1) is 12.3. The van der Waals surface area contributed by atoms with Gasteiger partial charge < -0.3 is 10.2 Å². The first-order chi connectivity index (χ1) is 8.65. The number of carbonyl (C=O) groups excluding carboxylic acids is 1. The van der Waals surface area contributed by atoms with E-state index in [0.29, 0.717) is 6.54 Å². The standard InChI is InChI=1S/C13H16N4O/c1-17(2)9-13(18)15-11-5-3-4-10(8-11)12-6-7-14-16-12/h3-8H,9H2,1-2H3,(H,14,16)(H,15,18). The Morgan fingerprint density at radius 1 is 1.39 bits per heavy atom. The quantitative estimate of drug-likeness (QED) is 0.858. The van der Waals surface area contributed by atoms with Crippen molar-refractivity contribution in [3.8, 4) is 11.3 Å². The van der Waals surface area contributed by atoms with Gasteiger partial charge in [0.05, 0.1) is 12.2 Å². The maximum atomic E-state index is 11.6. The number of nitrogens with zero attached hydrogens (tertiary/aromatic N) is 2. The minimum Gasteiger partial charge on any atom is -0.325 e. The molecule has 1 aromatic heterocycles. The Morgan fingerprint density at radius 2 is 2.22 bits per heavy atom. The summed E-state index contributed by atoms with van der Waals surface area (Å²) in [6.07, 6.45) is 1.70. The van der Waals surface area contributed by atoms with Crippen LogP contribution in [0.15, 0.2) is 36.5 Å². The van der Waals surface area contributed by atoms with Gasteiger partial charge in [-0.25, -0.2) is 0 Å². The van der Waals surface area contributed by atoms with E-state index in [-0.39, 0.29) is 5.91 Å². The number of likely N-dealkylation sites (N-methyl/N-ethyl adjacent to an activating group) is 1. The highest BCUT2D eigenvalue weighted by Gasteiger charge is 2.05. The Labute approximate surface area is 106 Å². The van der Waals surface area contributed by atoms with Crippen molar-refractivity contribution >= 4 is 11.6 Å². The molecule has 0 fully saturated rings. The van der Waals surface area contributed by atoms with E-state index in [1.807, 2.05) is 49.3 Å². The van der Waals surface area contributed by atoms with Gasteiger partial charge in [0.1, 0.15) is 0 Å². The van der Waals surface area contributed by atoms with Crippen molar-refractivity contribution in [3.63, 3.8) is 0 Å². The van der Waals surface area contributed by atoms with Crippen LogP contribution < -0.4 is 5.32 Å². The Bertz CT molecular complexity index is 520. The van der Waals surface area contributed by atoms with Gasteiger partial charge in [-0.15, -0.1) is 0 Å². The summed E-state index contributed by atoms with van der Waals surface area (Å²) in [5, 5.41) is 9.67. The maximum absolute atomic E-state index is 11.6. The maximum Gasteiger partial charge on any atom is 0.238 e. The molecule has 0 aliphatic rings. The van der Waals surface area contributed by atoms with Crippen LogP contribution in [0.2, 0.25) is 0 Å². The minimum atomic E-state index is -0.0261. The van der Waals surface area contributed by atoms with Gasteiger partial charge >= 0.3 is 0 Å². The van der Waals surface area contributed by atoms with Crippen molar-refractivity contribution < 1.29 is 4.79 Å². The van der Waals surface area contributed by atoms with Crippen molar-refractivity contribution in [2.75, 3.05) is 26.0 Å². The largest absolute Gasteiger partial charge is 0.325 e. The number of aromatic nitrogens is 2. The van der Waals surface area contributed by atoms with E-state index in [2.05, 4.69) is 15.5 Å². The molecule has 2 aromatic rings. The normalized spacial score (nSPS) is 10.6. The molecule has 0 bridgehead atoms. The summed E-state index contributed by atoms with van der Waals surface area (Å²) in [5.74, 6) is -0.0261. The molecule has 1 aromatic carbocycles. The molecule has 94 valence electrons. The predicted octanol–water partition coefficient (Wildman–Crippen LogP) is 1.58. The second-order valence-corrected chi connectivity index (χ2v) is 4.34. The van der Waals surface area contributed by atoms with Gasteiger partial charge in [0, 0.05) is 17.4 Å². The fraction of sp³-hybridized carbons (Fsp3) is 0.231. The molecule has 0 saturated carbocycles. The van der Waals surface area contributed by atoms with Crippen molar-refractivity contribution in [1.29, 1.82) is 0 Å². The Kier molecular flexibility index (Phi) is 3.74. The van der Waals surface area contributed by atoms with Crippen molar-refractivity contribution in [3.05, 3.63) is 36.5 Å². The van der Waals surface area contributed by atoms with Crippen LogP contribution in [-0.2, 0) is 4.79 Å². The number of nitrogens with one attached hydrogen (secondary N) is 2. The van der Waals surface area contributed by atoms with E-state index in [4.69, 9.17) is 0 Å². The molecule has 1 amide bonds. The van der Waals surface area contributed by atoms with E-state index >= 15 is 0 Å². The van der Waals surface area contributed by atoms with Crippen LogP contribution in [0.3, 0.4) is 0 Å². The SMILES string of the molecule is CN(C)CC(=O)Nc1cccc(-c2ccn[nH]2)c1. The average molecular weight is 244 g/mol. The van der Waals surface area contributed by atoms with E-state index in [1.165, 1.54) is 0 Å². The highest BCUT2D eigenvalue weighted by Crippen LogP contribution is 2.20. The Morgan fingerprint density at radius 3 is 2.89 bits per heavy atom. The Hall–Kier alpha value is -2.14. The fourth-order valence-electron chi connectivity index (χ4n) is 1.67. The zero-order chi connectivity index (χ0) is 13.0. The predicted molar refractivity (Wildman–Crippen MR) is 71.2 cm³/mol. The minimum absolute atomic E-state index is 0.0261. The fourth-order valence-corrected chi connectivity index (χ4v) is 1.67. The molecule has 0 aliphatic carbocycles. The second-order valence-electron chi connectivity index (χ2n) is 4.34. The number of rotatable bonds is 4. The molecule has 0 atom stereocenters. The topological polar surface area (TPSA) is 61.0 Å². The number of H-pyrrole nitrogens is 1. The summed E-state index contributed by atoms with van der Waals surface area (Å²) in [5.41, 5.74) is 2.71. The average Bonchev–Trinajstić information content (AvgIpc) is 2.81. The van der Waals surface area contributed by atoms with E-state index < -0.39 is 0 Å². The number of anilines is 1. The van der Waals surface area contributed by atoms with Gasteiger partial charge in [0.25, 0.3) is 0 Å². The summed E-state index contributed by atoms with van der Waals surface area (Å²) in [4.78, 5) is 13.5. The number of aromatic amines is 1. The number of hydrogen-bond acceptors (Lipinski definition) is 3. The third kappa shape index (κ3) is 3.18. The lowest BCUT2D eigenvalue weighted by Crippen LogP contribution is -2.27. The van der Waals surface area contributed by atoms with Crippen molar-refractivity contribution in [1.82, 2.24) is 15.1 Å². The smallest absolute Gasteiger partial charge is 0.238 e. The van der Waals surface area contributed by atoms with Crippen LogP contribution in [0.1, 0.15) is 0 Å². The number of hydrogen-bond donors (Lipinski definition) is 2. The molecule has 0 aliphatic heterocycles. The number of amides is 1. The van der Waals surface area contributed by atoms with E-state index in [9.17, 15) is 4.79 Å². The summed E-state index contributed by atoms with van der Waals surface area (Å²) in [6.45, 7) is 0.369. The molecule has 0 radical (unpaired) electrons. The van der Waals surface area contributed by atoms with Crippen LogP contribution >= 0.6 is 0 Å². The molecule has 0 saturated heterocycles. The molecular weight excluding hydrogens is 228 g/mol. The zero-order valence-electron chi connectivity index (χ0n) is 10.5. The van der Waals surface area contributed by atoms with Crippen LogP contribution in [0.5, 0.6) is 0 Å². The first-order valence-electron chi connectivity index (χ1n) is 5.69. The Balaban J connectivity index is 2.11. The van der Waals surface area contributed by atoms with Gasteiger partial charge in [-0.1, -0.05) is 12.1 Å². The second kappa shape index (κ2) is 5.46. The third-order valence-electron chi connectivity index (χ3n) is 2.42. The molecule has 5 heteroatoms. The first-order valence-corrected chi connectivity index (χ1v) is 5.69. The van der Waals surface area contributed by atoms with Crippen LogP contribution in [-0.4, -0.2) is 41.6 Å². The lowest BCUT2D eigenvalue weighted by Gasteiger charge is -2.10. The highest BCUT2D eigenvalue weighted by molar-refractivity contribution is 5.92. The van der Waals surface area contributed by atoms with Gasteiger partial charge in [-0.05, 0) is 32.3 Å². The lowest BCUT2D eigenvalue weighted by molar-refractivity contribution is -0.116. The zero-order valence-corrected chi connectivity index (χ0v) is 10.5. The van der Waals surface area contributed by atoms with Crippen molar-refractivity contribution in [2.24, 2.45) is 0 Å². The van der Waals surface area contributed by atoms with Gasteiger partial charge in [-0.2, -0.15) is 5.10 Å².